The Balaban J connectivity index is 1.13. The largest absolute Gasteiger partial charge is 0.489 e. The van der Waals surface area contributed by atoms with Gasteiger partial charge in [0, 0.05) is 10.6 Å². The maximum Gasteiger partial charge on any atom is 0.254 e. The van der Waals surface area contributed by atoms with Gasteiger partial charge in [0.1, 0.15) is 12.4 Å². The van der Waals surface area contributed by atoms with Gasteiger partial charge in [-0.25, -0.2) is 0 Å². The summed E-state index contributed by atoms with van der Waals surface area (Å²) >= 11 is 6.16. The molecule has 1 aliphatic heterocycles. The third-order valence-corrected chi connectivity index (χ3v) is 7.56. The second-order valence-electron chi connectivity index (χ2n) is 8.84. The summed E-state index contributed by atoms with van der Waals surface area (Å²) in [4.78, 5) is 25.9. The number of hydrogen-bond donors (Lipinski definition) is 0. The van der Waals surface area contributed by atoms with E-state index in [1.54, 1.807) is 6.21 Å². The van der Waals surface area contributed by atoms with Gasteiger partial charge in [0.2, 0.25) is 0 Å². The van der Waals surface area contributed by atoms with Crippen LogP contribution in [0, 0.1) is 35.5 Å². The average molecular weight is 433 g/mol. The molecular formula is C25H21ClN2O3. The van der Waals surface area contributed by atoms with Crippen LogP contribution in [0.4, 0.5) is 0 Å². The number of allylic oxidation sites excluding steroid dienone is 2. The van der Waals surface area contributed by atoms with Gasteiger partial charge in [-0.3, -0.25) is 9.59 Å². The lowest BCUT2D eigenvalue weighted by molar-refractivity contribution is -0.140. The first kappa shape index (κ1) is 18.8. The Morgan fingerprint density at radius 3 is 2.26 bits per heavy atom. The monoisotopic (exact) mass is 432 g/mol. The van der Waals surface area contributed by atoms with E-state index >= 15 is 0 Å². The van der Waals surface area contributed by atoms with E-state index in [0.29, 0.717) is 29.2 Å². The molecule has 2 saturated carbocycles. The summed E-state index contributed by atoms with van der Waals surface area (Å²) in [7, 11) is 0. The quantitative estimate of drug-likeness (QED) is 0.402. The van der Waals surface area contributed by atoms with Gasteiger partial charge < -0.3 is 4.74 Å². The minimum absolute atomic E-state index is 0.143. The van der Waals surface area contributed by atoms with Gasteiger partial charge in [-0.05, 0) is 66.0 Å². The maximum atomic E-state index is 13.0. The van der Waals surface area contributed by atoms with E-state index in [9.17, 15) is 9.59 Å². The van der Waals surface area contributed by atoms with Crippen molar-refractivity contribution in [1.82, 2.24) is 5.01 Å². The Kier molecular flexibility index (Phi) is 4.29. The van der Waals surface area contributed by atoms with Crippen LogP contribution in [-0.4, -0.2) is 23.0 Å². The first-order valence-corrected chi connectivity index (χ1v) is 11.1. The van der Waals surface area contributed by atoms with Crippen molar-refractivity contribution in [3.8, 4) is 5.75 Å². The van der Waals surface area contributed by atoms with Crippen LogP contribution < -0.4 is 4.74 Å². The molecule has 7 rings (SSSR count). The fourth-order valence-electron chi connectivity index (χ4n) is 5.61. The SMILES string of the molecule is O=C1[C@H]2[C@@H]3C=C[C@H]([C@H]4C[C@H]34)[C@@H]2C(=O)N1/N=C\c1ccc(OCc2ccccc2Cl)cc1. The first-order chi connectivity index (χ1) is 15.1. The lowest BCUT2D eigenvalue weighted by Gasteiger charge is -2.37. The minimum Gasteiger partial charge on any atom is -0.489 e. The van der Waals surface area contributed by atoms with E-state index in [1.165, 1.54) is 0 Å². The second kappa shape index (κ2) is 7.06. The molecule has 0 spiro atoms. The standard InChI is InChI=1S/C25H21ClN2O3/c26-21-4-2-1-3-15(21)13-31-16-7-5-14(6-8-16)12-27-28-24(29)22-17-9-10-18(20-11-19(17)20)23(22)25(28)30/h1-10,12,17-20,22-23H,11,13H2/b27-12-/t17-,18-,19-,20-,22+,23+/m1/s1. The van der Waals surface area contributed by atoms with Gasteiger partial charge in [0.05, 0.1) is 18.1 Å². The molecule has 6 heteroatoms. The van der Waals surface area contributed by atoms with Crippen LogP contribution in [0.5, 0.6) is 5.75 Å². The number of hydrogen-bond acceptors (Lipinski definition) is 4. The highest BCUT2D eigenvalue weighted by atomic mass is 35.5. The van der Waals surface area contributed by atoms with Crippen LogP contribution in [-0.2, 0) is 16.2 Å². The highest BCUT2D eigenvalue weighted by Gasteiger charge is 2.67. The molecule has 156 valence electrons. The number of carbonyl (C=O) groups excluding carboxylic acids is 2. The van der Waals surface area contributed by atoms with Crippen LogP contribution in [0.25, 0.3) is 0 Å². The van der Waals surface area contributed by atoms with Gasteiger partial charge in [0.25, 0.3) is 11.8 Å². The van der Waals surface area contributed by atoms with Crippen molar-refractivity contribution in [3.05, 3.63) is 76.8 Å². The number of carbonyl (C=O) groups is 2. The second-order valence-corrected chi connectivity index (χ2v) is 9.24. The number of rotatable bonds is 5. The molecule has 31 heavy (non-hydrogen) atoms. The molecule has 2 amide bonds. The van der Waals surface area contributed by atoms with Crippen molar-refractivity contribution in [2.24, 2.45) is 40.6 Å². The molecule has 5 nitrogen and oxygen atoms in total. The number of halogens is 1. The summed E-state index contributed by atoms with van der Waals surface area (Å²) in [5.74, 6) is 1.60. The number of imide groups is 1. The predicted molar refractivity (Wildman–Crippen MR) is 116 cm³/mol. The zero-order valence-electron chi connectivity index (χ0n) is 16.7. The Labute approximate surface area is 185 Å². The van der Waals surface area contributed by atoms with E-state index in [1.807, 2.05) is 48.5 Å². The molecule has 3 fully saturated rings. The Bertz CT molecular complexity index is 1090. The smallest absolute Gasteiger partial charge is 0.254 e. The van der Waals surface area contributed by atoms with Crippen molar-refractivity contribution in [1.29, 1.82) is 0 Å². The van der Waals surface area contributed by atoms with E-state index in [4.69, 9.17) is 16.3 Å². The number of hydrazone groups is 1. The summed E-state index contributed by atoms with van der Waals surface area (Å²) in [6, 6.07) is 14.9. The maximum absolute atomic E-state index is 13.0. The summed E-state index contributed by atoms with van der Waals surface area (Å²) < 4.78 is 5.79. The van der Waals surface area contributed by atoms with Gasteiger partial charge in [-0.15, -0.1) is 0 Å². The number of nitrogens with zero attached hydrogens (tertiary/aromatic N) is 2. The van der Waals surface area contributed by atoms with Crippen molar-refractivity contribution in [2.45, 2.75) is 13.0 Å². The lowest BCUT2D eigenvalue weighted by atomic mass is 9.63. The molecule has 0 radical (unpaired) electrons. The van der Waals surface area contributed by atoms with Crippen molar-refractivity contribution >= 4 is 29.6 Å². The molecule has 6 atom stereocenters. The average Bonchev–Trinajstić information content (AvgIpc) is 3.57. The van der Waals surface area contributed by atoms with E-state index in [2.05, 4.69) is 17.3 Å². The third-order valence-electron chi connectivity index (χ3n) is 7.19. The molecule has 2 aromatic rings. The normalized spacial score (nSPS) is 32.5. The minimum atomic E-state index is -0.219. The fourth-order valence-corrected chi connectivity index (χ4v) is 5.80. The van der Waals surface area contributed by atoms with Crippen molar-refractivity contribution in [3.63, 3.8) is 0 Å². The summed E-state index contributed by atoms with van der Waals surface area (Å²) in [6.45, 7) is 0.380. The number of benzene rings is 2. The molecular weight excluding hydrogens is 412 g/mol. The molecule has 0 N–H and O–H groups in total. The molecule has 2 bridgehead atoms. The Hall–Kier alpha value is -2.92. The van der Waals surface area contributed by atoms with Crippen molar-refractivity contribution in [2.75, 3.05) is 0 Å². The molecule has 0 aromatic heterocycles. The molecule has 1 saturated heterocycles. The van der Waals surface area contributed by atoms with Crippen LogP contribution in [0.3, 0.4) is 0 Å². The molecule has 5 aliphatic rings. The number of ether oxygens (including phenoxy) is 1. The van der Waals surface area contributed by atoms with Gasteiger partial charge in [0.15, 0.2) is 0 Å². The van der Waals surface area contributed by atoms with E-state index in [-0.39, 0.29) is 35.5 Å². The first-order valence-electron chi connectivity index (χ1n) is 10.7. The Morgan fingerprint density at radius 1 is 0.968 bits per heavy atom. The van der Waals surface area contributed by atoms with Crippen molar-refractivity contribution < 1.29 is 14.3 Å². The molecule has 4 aliphatic carbocycles. The molecule has 0 unspecified atom stereocenters. The van der Waals surface area contributed by atoms with E-state index < -0.39 is 0 Å². The topological polar surface area (TPSA) is 59.0 Å². The molecule has 2 aromatic carbocycles. The van der Waals surface area contributed by atoms with Gasteiger partial charge >= 0.3 is 0 Å². The highest BCUT2D eigenvalue weighted by Crippen LogP contribution is 2.65. The van der Waals surface area contributed by atoms with Gasteiger partial charge in [-0.2, -0.15) is 10.1 Å². The van der Waals surface area contributed by atoms with Crippen LogP contribution >= 0.6 is 11.6 Å². The zero-order chi connectivity index (χ0) is 21.1. The van der Waals surface area contributed by atoms with Gasteiger partial charge in [-0.1, -0.05) is 42.0 Å². The zero-order valence-corrected chi connectivity index (χ0v) is 17.5. The Morgan fingerprint density at radius 2 is 1.61 bits per heavy atom. The number of amides is 2. The van der Waals surface area contributed by atoms with Crippen LogP contribution in [0.15, 0.2) is 65.8 Å². The highest BCUT2D eigenvalue weighted by molar-refractivity contribution is 6.31. The fraction of sp³-hybridized carbons (Fsp3) is 0.320. The predicted octanol–water partition coefficient (Wildman–Crippen LogP) is 4.31. The summed E-state index contributed by atoms with van der Waals surface area (Å²) in [5.41, 5.74) is 1.72. The van der Waals surface area contributed by atoms with Crippen LogP contribution in [0.2, 0.25) is 5.02 Å². The third kappa shape index (κ3) is 3.02. The summed E-state index contributed by atoms with van der Waals surface area (Å²) in [6.07, 6.45) is 7.06. The lowest BCUT2D eigenvalue weighted by Crippen LogP contribution is -2.40. The van der Waals surface area contributed by atoms with Crippen LogP contribution in [0.1, 0.15) is 17.5 Å². The summed E-state index contributed by atoms with van der Waals surface area (Å²) in [5, 5.41) is 6.05. The van der Waals surface area contributed by atoms with E-state index in [0.717, 1.165) is 22.6 Å². The molecule has 1 heterocycles.